The zero-order valence-electron chi connectivity index (χ0n) is 13.5. The first kappa shape index (κ1) is 16.9. The number of carbonyl (C=O) groups is 1. The molecule has 2 rings (SSSR count). The molecule has 0 aliphatic rings. The van der Waals surface area contributed by atoms with E-state index in [0.717, 1.165) is 0 Å². The van der Waals surface area contributed by atoms with Gasteiger partial charge >= 0.3 is 0 Å². The molecular formula is C17H19F2N3O. The van der Waals surface area contributed by atoms with Crippen LogP contribution in [-0.4, -0.2) is 16.4 Å². The van der Waals surface area contributed by atoms with Gasteiger partial charge in [0.1, 0.15) is 5.82 Å². The average molecular weight is 319 g/mol. The number of halogens is 2. The van der Waals surface area contributed by atoms with E-state index in [0.29, 0.717) is 5.82 Å². The first-order chi connectivity index (χ1) is 10.7. The van der Waals surface area contributed by atoms with Crippen LogP contribution in [0.5, 0.6) is 0 Å². The largest absolute Gasteiger partial charge is 0.365 e. The first-order valence-electron chi connectivity index (χ1n) is 7.18. The Balaban J connectivity index is 2.30. The molecular weight excluding hydrogens is 300 g/mol. The van der Waals surface area contributed by atoms with Gasteiger partial charge in [0.2, 0.25) is 0 Å². The number of nitrogens with zero attached hydrogens (tertiary/aromatic N) is 1. The van der Waals surface area contributed by atoms with Crippen LogP contribution in [-0.2, 0) is 0 Å². The van der Waals surface area contributed by atoms with Crippen molar-refractivity contribution in [2.75, 3.05) is 10.6 Å². The van der Waals surface area contributed by atoms with Crippen LogP contribution in [0.2, 0.25) is 0 Å². The van der Waals surface area contributed by atoms with Gasteiger partial charge in [0, 0.05) is 11.7 Å². The number of hydrogen-bond acceptors (Lipinski definition) is 3. The highest BCUT2D eigenvalue weighted by molar-refractivity contribution is 6.07. The fourth-order valence-corrected chi connectivity index (χ4v) is 1.98. The van der Waals surface area contributed by atoms with E-state index in [9.17, 15) is 13.6 Å². The third-order valence-electron chi connectivity index (χ3n) is 3.07. The summed E-state index contributed by atoms with van der Waals surface area (Å²) < 4.78 is 27.5. The lowest BCUT2D eigenvalue weighted by atomic mass is 10.1. The molecule has 0 bridgehead atoms. The van der Waals surface area contributed by atoms with Crippen LogP contribution in [0.25, 0.3) is 0 Å². The Morgan fingerprint density at radius 2 is 1.83 bits per heavy atom. The van der Waals surface area contributed by atoms with E-state index < -0.39 is 17.5 Å². The lowest BCUT2D eigenvalue weighted by Gasteiger charge is -2.22. The fraction of sp³-hybridized carbons (Fsp3) is 0.294. The van der Waals surface area contributed by atoms with Crippen LogP contribution in [0.4, 0.5) is 20.3 Å². The molecule has 4 nitrogen and oxygen atoms in total. The van der Waals surface area contributed by atoms with Crippen LogP contribution in [0.3, 0.4) is 0 Å². The highest BCUT2D eigenvalue weighted by atomic mass is 19.2. The average Bonchev–Trinajstić information content (AvgIpc) is 2.46. The van der Waals surface area contributed by atoms with E-state index in [4.69, 9.17) is 0 Å². The highest BCUT2D eigenvalue weighted by Crippen LogP contribution is 2.22. The predicted octanol–water partition coefficient (Wildman–Crippen LogP) is 4.13. The summed E-state index contributed by atoms with van der Waals surface area (Å²) in [6.07, 6.45) is 1.55. The molecule has 23 heavy (non-hydrogen) atoms. The standard InChI is InChI=1S/C17H19F2N3O/c1-10-7-8-12(14(19)13(10)18)21-16(23)11-6-5-9-20-15(11)22-17(2,3)4/h5-9H,1-4H3,(H,20,22)(H,21,23). The van der Waals surface area contributed by atoms with Crippen LogP contribution < -0.4 is 10.6 Å². The van der Waals surface area contributed by atoms with E-state index >= 15 is 0 Å². The highest BCUT2D eigenvalue weighted by Gasteiger charge is 2.19. The zero-order chi connectivity index (χ0) is 17.2. The summed E-state index contributed by atoms with van der Waals surface area (Å²) in [6.45, 7) is 7.24. The van der Waals surface area contributed by atoms with Gasteiger partial charge in [-0.1, -0.05) is 6.07 Å². The Labute approximate surface area is 133 Å². The summed E-state index contributed by atoms with van der Waals surface area (Å²) in [5.41, 5.74) is -0.0756. The Hall–Kier alpha value is -2.50. The molecule has 0 radical (unpaired) electrons. The molecule has 0 saturated heterocycles. The van der Waals surface area contributed by atoms with E-state index in [-0.39, 0.29) is 22.4 Å². The molecule has 6 heteroatoms. The number of aromatic nitrogens is 1. The molecule has 2 aromatic rings. The van der Waals surface area contributed by atoms with Crippen molar-refractivity contribution < 1.29 is 13.6 Å². The third kappa shape index (κ3) is 4.03. The van der Waals surface area contributed by atoms with Crippen LogP contribution in [0, 0.1) is 18.6 Å². The minimum Gasteiger partial charge on any atom is -0.365 e. The molecule has 0 aliphatic heterocycles. The Morgan fingerprint density at radius 3 is 2.48 bits per heavy atom. The Morgan fingerprint density at radius 1 is 1.13 bits per heavy atom. The van der Waals surface area contributed by atoms with Gasteiger partial charge < -0.3 is 10.6 Å². The Bertz CT molecular complexity index is 739. The topological polar surface area (TPSA) is 54.0 Å². The molecule has 0 saturated carbocycles. The molecule has 0 spiro atoms. The molecule has 2 N–H and O–H groups in total. The number of aryl methyl sites for hydroxylation is 1. The van der Waals surface area contributed by atoms with Crippen molar-refractivity contribution in [2.24, 2.45) is 0 Å². The van der Waals surface area contributed by atoms with Crippen molar-refractivity contribution in [3.05, 3.63) is 53.2 Å². The number of pyridine rings is 1. The van der Waals surface area contributed by atoms with Crippen molar-refractivity contribution in [1.29, 1.82) is 0 Å². The van der Waals surface area contributed by atoms with Gasteiger partial charge in [0.05, 0.1) is 11.3 Å². The molecule has 122 valence electrons. The van der Waals surface area contributed by atoms with Gasteiger partial charge in [-0.05, 0) is 51.5 Å². The van der Waals surface area contributed by atoms with Crippen molar-refractivity contribution >= 4 is 17.4 Å². The van der Waals surface area contributed by atoms with Gasteiger partial charge in [-0.3, -0.25) is 4.79 Å². The second kappa shape index (κ2) is 6.32. The first-order valence-corrected chi connectivity index (χ1v) is 7.18. The number of benzene rings is 1. The lowest BCUT2D eigenvalue weighted by molar-refractivity contribution is 0.102. The molecule has 1 heterocycles. The van der Waals surface area contributed by atoms with E-state index in [2.05, 4.69) is 15.6 Å². The maximum absolute atomic E-state index is 13.9. The second-order valence-corrected chi connectivity index (χ2v) is 6.29. The molecule has 0 aliphatic carbocycles. The SMILES string of the molecule is Cc1ccc(NC(=O)c2cccnc2NC(C)(C)C)c(F)c1F. The second-order valence-electron chi connectivity index (χ2n) is 6.29. The normalized spacial score (nSPS) is 11.2. The van der Waals surface area contributed by atoms with Crippen LogP contribution in [0.15, 0.2) is 30.5 Å². The van der Waals surface area contributed by atoms with Crippen molar-refractivity contribution in [3.8, 4) is 0 Å². The molecule has 0 unspecified atom stereocenters. The summed E-state index contributed by atoms with van der Waals surface area (Å²) in [5.74, 6) is -2.23. The van der Waals surface area contributed by atoms with E-state index in [1.54, 1.807) is 18.3 Å². The minimum atomic E-state index is -1.08. The summed E-state index contributed by atoms with van der Waals surface area (Å²) in [5, 5.41) is 5.50. The number of rotatable bonds is 3. The Kier molecular flexibility index (Phi) is 4.63. The van der Waals surface area contributed by atoms with Gasteiger partial charge in [0.15, 0.2) is 11.6 Å². The number of hydrogen-bond donors (Lipinski definition) is 2. The van der Waals surface area contributed by atoms with Gasteiger partial charge in [-0.2, -0.15) is 0 Å². The zero-order valence-corrected chi connectivity index (χ0v) is 13.5. The molecule has 0 atom stereocenters. The number of amides is 1. The number of nitrogens with one attached hydrogen (secondary N) is 2. The maximum Gasteiger partial charge on any atom is 0.259 e. The molecule has 1 amide bonds. The van der Waals surface area contributed by atoms with Crippen molar-refractivity contribution in [3.63, 3.8) is 0 Å². The molecule has 0 fully saturated rings. The van der Waals surface area contributed by atoms with Crippen LogP contribution in [0.1, 0.15) is 36.7 Å². The lowest BCUT2D eigenvalue weighted by Crippen LogP contribution is -2.28. The summed E-state index contributed by atoms with van der Waals surface area (Å²) in [6, 6.07) is 5.91. The smallest absolute Gasteiger partial charge is 0.259 e. The minimum absolute atomic E-state index is 0.178. The van der Waals surface area contributed by atoms with E-state index in [1.165, 1.54) is 19.1 Å². The maximum atomic E-state index is 13.9. The predicted molar refractivity (Wildman–Crippen MR) is 86.7 cm³/mol. The monoisotopic (exact) mass is 319 g/mol. The number of carbonyl (C=O) groups excluding carboxylic acids is 1. The van der Waals surface area contributed by atoms with Crippen LogP contribution >= 0.6 is 0 Å². The third-order valence-corrected chi connectivity index (χ3v) is 3.07. The summed E-state index contributed by atoms with van der Waals surface area (Å²) in [4.78, 5) is 16.5. The number of anilines is 2. The summed E-state index contributed by atoms with van der Waals surface area (Å²) in [7, 11) is 0. The van der Waals surface area contributed by atoms with Crippen molar-refractivity contribution in [2.45, 2.75) is 33.2 Å². The molecule has 1 aromatic carbocycles. The van der Waals surface area contributed by atoms with Gasteiger partial charge in [-0.15, -0.1) is 0 Å². The quantitative estimate of drug-likeness (QED) is 0.894. The summed E-state index contributed by atoms with van der Waals surface area (Å²) >= 11 is 0. The van der Waals surface area contributed by atoms with E-state index in [1.807, 2.05) is 20.8 Å². The molecule has 1 aromatic heterocycles. The van der Waals surface area contributed by atoms with Gasteiger partial charge in [-0.25, -0.2) is 13.8 Å². The van der Waals surface area contributed by atoms with Crippen molar-refractivity contribution in [1.82, 2.24) is 4.98 Å². The van der Waals surface area contributed by atoms with Gasteiger partial charge in [0.25, 0.3) is 5.91 Å². The fourth-order valence-electron chi connectivity index (χ4n) is 1.98.